The molecule has 7 rings (SSSR count). The third-order valence-corrected chi connectivity index (χ3v) is 11.8. The molecule has 2 saturated heterocycles. The van der Waals surface area contributed by atoms with Gasteiger partial charge in [0.05, 0.1) is 45.9 Å². The summed E-state index contributed by atoms with van der Waals surface area (Å²) < 4.78 is 40.2. The molecule has 3 heterocycles. The fourth-order valence-electron chi connectivity index (χ4n) is 8.41. The van der Waals surface area contributed by atoms with E-state index in [1.165, 1.54) is 52.5 Å². The molecule has 354 valence electrons. The zero-order chi connectivity index (χ0) is 47.4. The Bertz CT molecular complexity index is 2340. The molecule has 4 aliphatic rings. The second-order valence-electron chi connectivity index (χ2n) is 16.1. The van der Waals surface area contributed by atoms with Gasteiger partial charge in [-0.15, -0.1) is 0 Å². The number of likely N-dealkylation sites (N-methyl/N-ethyl adjacent to an activating group) is 1. The molecular weight excluding hydrogens is 871 g/mol. The number of aliphatic hydroxyl groups excluding tert-OH is 3. The number of hydrogen-bond acceptors (Lipinski definition) is 18. The van der Waals surface area contributed by atoms with Crippen LogP contribution in [-0.2, 0) is 44.7 Å². The third kappa shape index (κ3) is 9.91. The number of nitrogens with one attached hydrogen (secondary N) is 5. The van der Waals surface area contributed by atoms with E-state index in [9.17, 15) is 49.2 Å². The number of benzene rings is 3. The van der Waals surface area contributed by atoms with E-state index in [1.54, 1.807) is 18.2 Å². The van der Waals surface area contributed by atoms with Crippen molar-refractivity contribution in [2.24, 2.45) is 11.8 Å². The number of phenols is 1. The standard InChI is InChI=1S/C44H51N5O17/c1-19(50)15-46-30(51)10-9-26(45-2)41(57)47-16-31(52)48-22-5-7-23(8-6-22)49-42(58)40-36(55)35(54)37(56)44(66-40)65-38-25-11-21-17-62-43(59)33(21)32(24(25)14-29-39(38)64-18-63-29)20-12-27(60-3)34(53)28(13-20)61-4/h5-8,12-14,21,26,32-33,35-37,40,44-45,53-56H,9-11,15-18H2,1-4H3,(H,46,51)(H,47,57)(H,48,52)(H,49,58). The van der Waals surface area contributed by atoms with Crippen molar-refractivity contribution in [2.45, 2.75) is 68.9 Å². The number of hydrogen-bond donors (Lipinski definition) is 9. The Hall–Kier alpha value is -6.72. The fourth-order valence-corrected chi connectivity index (χ4v) is 8.41. The van der Waals surface area contributed by atoms with E-state index in [1.807, 2.05) is 0 Å². The maximum atomic E-state index is 13.6. The van der Waals surface area contributed by atoms with Gasteiger partial charge in [0, 0.05) is 35.2 Å². The Kier molecular flexibility index (Phi) is 14.5. The normalized spacial score (nSPS) is 24.1. The number of fused-ring (bicyclic) bond motifs is 3. The number of phenolic OH excluding ortho intramolecular Hbond substituents is 1. The van der Waals surface area contributed by atoms with Crippen molar-refractivity contribution >= 4 is 46.8 Å². The van der Waals surface area contributed by atoms with Crippen LogP contribution in [0.4, 0.5) is 11.4 Å². The minimum atomic E-state index is -1.93. The summed E-state index contributed by atoms with van der Waals surface area (Å²) in [5.41, 5.74) is 2.11. The van der Waals surface area contributed by atoms with Crippen LogP contribution in [0.2, 0.25) is 0 Å². The summed E-state index contributed by atoms with van der Waals surface area (Å²) >= 11 is 0. The van der Waals surface area contributed by atoms with Gasteiger partial charge in [-0.05, 0) is 80.4 Å². The van der Waals surface area contributed by atoms with Crippen molar-refractivity contribution < 1.29 is 82.4 Å². The van der Waals surface area contributed by atoms with Crippen molar-refractivity contribution in [3.05, 3.63) is 59.2 Å². The summed E-state index contributed by atoms with van der Waals surface area (Å²) in [5.74, 6) is -4.48. The summed E-state index contributed by atoms with van der Waals surface area (Å²) in [5, 5.41) is 56.8. The molecule has 9 unspecified atom stereocenters. The van der Waals surface area contributed by atoms with E-state index in [0.29, 0.717) is 22.4 Å². The summed E-state index contributed by atoms with van der Waals surface area (Å²) in [4.78, 5) is 75.3. The molecule has 9 N–H and O–H groups in total. The smallest absolute Gasteiger partial charge is 0.310 e. The van der Waals surface area contributed by atoms with Gasteiger partial charge in [-0.1, -0.05) is 0 Å². The van der Waals surface area contributed by atoms with Gasteiger partial charge >= 0.3 is 5.97 Å². The maximum Gasteiger partial charge on any atom is 0.310 e. The number of rotatable bonds is 17. The third-order valence-electron chi connectivity index (χ3n) is 11.8. The van der Waals surface area contributed by atoms with Gasteiger partial charge in [0.2, 0.25) is 42.3 Å². The summed E-state index contributed by atoms with van der Waals surface area (Å²) in [6.07, 6.45) is -8.95. The Balaban J connectivity index is 1.03. The zero-order valence-electron chi connectivity index (χ0n) is 36.3. The van der Waals surface area contributed by atoms with Gasteiger partial charge < -0.3 is 80.2 Å². The SMILES string of the molecule is CNC(CCC(=O)NCC(C)=O)C(=O)NCC(=O)Nc1ccc(NC(=O)C2OC(Oc3c4c(cc5c3OCO5)C(c3cc(OC)c(O)c(OC)c3)C3C(=O)OCC3C4)C(O)C(O)C2O)cc1. The number of carbonyl (C=O) groups excluding carboxylic acids is 6. The van der Waals surface area contributed by atoms with Crippen LogP contribution in [0.15, 0.2) is 42.5 Å². The van der Waals surface area contributed by atoms with E-state index in [0.717, 1.165) is 0 Å². The molecule has 3 aromatic carbocycles. The molecule has 9 atom stereocenters. The molecule has 0 saturated carbocycles. The highest BCUT2D eigenvalue weighted by atomic mass is 16.7. The monoisotopic (exact) mass is 921 g/mol. The van der Waals surface area contributed by atoms with E-state index >= 15 is 0 Å². The molecule has 0 radical (unpaired) electrons. The lowest BCUT2D eigenvalue weighted by molar-refractivity contribution is -0.265. The highest BCUT2D eigenvalue weighted by molar-refractivity contribution is 5.97. The number of aromatic hydroxyl groups is 1. The Morgan fingerprint density at radius 1 is 0.848 bits per heavy atom. The largest absolute Gasteiger partial charge is 0.502 e. The minimum absolute atomic E-state index is 0.0217. The molecule has 66 heavy (non-hydrogen) atoms. The Morgan fingerprint density at radius 3 is 2.18 bits per heavy atom. The second-order valence-corrected chi connectivity index (χ2v) is 16.1. The number of Topliss-reactive ketones (excluding diaryl/α,β-unsaturated/α-hetero) is 1. The first-order chi connectivity index (χ1) is 31.6. The predicted octanol–water partition coefficient (Wildman–Crippen LogP) is -0.431. The number of anilines is 2. The first-order valence-corrected chi connectivity index (χ1v) is 21.0. The molecule has 4 amide bonds. The van der Waals surface area contributed by atoms with Crippen molar-refractivity contribution in [3.63, 3.8) is 0 Å². The highest BCUT2D eigenvalue weighted by Gasteiger charge is 2.52. The first-order valence-electron chi connectivity index (χ1n) is 21.0. The van der Waals surface area contributed by atoms with Gasteiger partial charge in [-0.2, -0.15) is 0 Å². The van der Waals surface area contributed by atoms with Crippen LogP contribution in [0.25, 0.3) is 0 Å². The number of methoxy groups -OCH3 is 2. The molecule has 0 bridgehead atoms. The van der Waals surface area contributed by atoms with Gasteiger partial charge in [-0.3, -0.25) is 28.8 Å². The van der Waals surface area contributed by atoms with Crippen LogP contribution in [0.5, 0.6) is 34.5 Å². The lowest BCUT2D eigenvalue weighted by Crippen LogP contribution is -2.62. The van der Waals surface area contributed by atoms with Crippen molar-refractivity contribution in [3.8, 4) is 34.5 Å². The molecule has 2 fully saturated rings. The summed E-state index contributed by atoms with van der Waals surface area (Å²) in [6, 6.07) is 9.89. The van der Waals surface area contributed by atoms with E-state index in [-0.39, 0.29) is 91.1 Å². The average Bonchev–Trinajstić information content (AvgIpc) is 3.93. The van der Waals surface area contributed by atoms with Crippen LogP contribution in [0.1, 0.15) is 42.4 Å². The van der Waals surface area contributed by atoms with Crippen molar-refractivity contribution in [1.29, 1.82) is 0 Å². The molecular formula is C44H51N5O17. The molecule has 0 aromatic heterocycles. The van der Waals surface area contributed by atoms with Gasteiger partial charge in [-0.25, -0.2) is 0 Å². The Labute approximate surface area is 377 Å². The number of carbonyl (C=O) groups is 6. The first kappa shape index (κ1) is 47.2. The number of amides is 4. The lowest BCUT2D eigenvalue weighted by atomic mass is 9.67. The topological polar surface area (TPSA) is 308 Å². The summed E-state index contributed by atoms with van der Waals surface area (Å²) in [6.45, 7) is 0.699. The molecule has 22 heteroatoms. The average molecular weight is 922 g/mol. The molecule has 0 spiro atoms. The van der Waals surface area contributed by atoms with Crippen LogP contribution in [0.3, 0.4) is 0 Å². The number of ether oxygens (including phenoxy) is 7. The van der Waals surface area contributed by atoms with Gasteiger partial charge in [0.15, 0.2) is 29.1 Å². The van der Waals surface area contributed by atoms with E-state index in [2.05, 4.69) is 26.6 Å². The quantitative estimate of drug-likeness (QED) is 0.0776. The van der Waals surface area contributed by atoms with Gasteiger partial charge in [0.25, 0.3) is 5.91 Å². The summed E-state index contributed by atoms with van der Waals surface area (Å²) in [7, 11) is 4.28. The molecule has 1 aliphatic carbocycles. The van der Waals surface area contributed by atoms with E-state index in [4.69, 9.17) is 33.2 Å². The number of esters is 1. The Morgan fingerprint density at radius 2 is 1.53 bits per heavy atom. The van der Waals surface area contributed by atoms with Crippen LogP contribution in [0, 0.1) is 11.8 Å². The van der Waals surface area contributed by atoms with Crippen LogP contribution < -0.4 is 50.3 Å². The van der Waals surface area contributed by atoms with Gasteiger partial charge in [0.1, 0.15) is 24.1 Å². The van der Waals surface area contributed by atoms with Crippen LogP contribution >= 0.6 is 0 Å². The molecule has 3 aliphatic heterocycles. The highest BCUT2D eigenvalue weighted by Crippen LogP contribution is 2.56. The predicted molar refractivity (Wildman–Crippen MR) is 227 cm³/mol. The number of cyclic esters (lactones) is 1. The second kappa shape index (κ2) is 20.2. The zero-order valence-corrected chi connectivity index (χ0v) is 36.3. The van der Waals surface area contributed by atoms with Crippen LogP contribution in [-0.4, -0.2) is 140 Å². The van der Waals surface area contributed by atoms with Crippen molar-refractivity contribution in [2.75, 3.05) is 58.4 Å². The maximum absolute atomic E-state index is 13.6. The fraction of sp³-hybridized carbons (Fsp3) is 0.455. The molecule has 22 nitrogen and oxygen atoms in total. The number of ketones is 1. The molecule has 3 aromatic rings. The minimum Gasteiger partial charge on any atom is -0.502 e. The van der Waals surface area contributed by atoms with E-state index < -0.39 is 84.7 Å². The van der Waals surface area contributed by atoms with Crippen molar-refractivity contribution in [1.82, 2.24) is 16.0 Å². The lowest BCUT2D eigenvalue weighted by Gasteiger charge is -2.40. The number of aliphatic hydroxyl groups is 3.